The summed E-state index contributed by atoms with van der Waals surface area (Å²) in [6.45, 7) is 6.67. The van der Waals surface area contributed by atoms with E-state index in [9.17, 15) is 9.18 Å². The summed E-state index contributed by atoms with van der Waals surface area (Å²) in [6, 6.07) is 7.90. The van der Waals surface area contributed by atoms with Gasteiger partial charge < -0.3 is 9.73 Å². The molecule has 27 heavy (non-hydrogen) atoms. The van der Waals surface area contributed by atoms with Crippen molar-refractivity contribution in [2.24, 2.45) is 5.92 Å². The molecule has 3 rings (SSSR count). The Morgan fingerprint density at radius 3 is 2.81 bits per heavy atom. The zero-order chi connectivity index (χ0) is 19.4. The van der Waals surface area contributed by atoms with Crippen molar-refractivity contribution in [2.45, 2.75) is 32.5 Å². The minimum Gasteiger partial charge on any atom is -0.461 e. The quantitative estimate of drug-likeness (QED) is 0.609. The third kappa shape index (κ3) is 4.77. The van der Waals surface area contributed by atoms with Gasteiger partial charge in [0, 0.05) is 12.2 Å². The number of benzene rings is 1. The molecule has 0 bridgehead atoms. The minimum atomic E-state index is -0.327. The van der Waals surface area contributed by atoms with Gasteiger partial charge in [0.1, 0.15) is 5.82 Å². The van der Waals surface area contributed by atoms with E-state index in [1.54, 1.807) is 25.3 Å². The summed E-state index contributed by atoms with van der Waals surface area (Å²) in [7, 11) is 0. The van der Waals surface area contributed by atoms with E-state index < -0.39 is 0 Å². The van der Waals surface area contributed by atoms with E-state index in [-0.39, 0.29) is 17.5 Å². The van der Waals surface area contributed by atoms with Gasteiger partial charge in [-0.3, -0.25) is 9.36 Å². The number of aryl methyl sites for hydroxylation is 1. The fraction of sp³-hybridized carbons (Fsp3) is 0.316. The summed E-state index contributed by atoms with van der Waals surface area (Å²) in [5.74, 6) is 1.32. The van der Waals surface area contributed by atoms with Gasteiger partial charge in [-0.05, 0) is 48.7 Å². The first-order valence-corrected chi connectivity index (χ1v) is 9.58. The van der Waals surface area contributed by atoms with E-state index in [1.165, 1.54) is 23.9 Å². The van der Waals surface area contributed by atoms with Gasteiger partial charge in [0.15, 0.2) is 16.7 Å². The molecule has 0 saturated carbocycles. The van der Waals surface area contributed by atoms with Crippen molar-refractivity contribution in [3.8, 4) is 11.6 Å². The molecule has 142 valence electrons. The second-order valence-corrected chi connectivity index (χ2v) is 7.53. The Kier molecular flexibility index (Phi) is 5.95. The lowest BCUT2D eigenvalue weighted by Gasteiger charge is -2.12. The molecule has 8 heteroatoms. The molecular formula is C19H21FN4O2S. The van der Waals surface area contributed by atoms with Crippen LogP contribution in [-0.2, 0) is 11.3 Å². The van der Waals surface area contributed by atoms with Crippen LogP contribution in [0.25, 0.3) is 11.6 Å². The van der Waals surface area contributed by atoms with Crippen molar-refractivity contribution >= 4 is 23.4 Å². The first-order chi connectivity index (χ1) is 12.9. The Morgan fingerprint density at radius 1 is 1.33 bits per heavy atom. The maximum atomic E-state index is 13.2. The lowest BCUT2D eigenvalue weighted by atomic mass is 10.2. The zero-order valence-electron chi connectivity index (χ0n) is 15.4. The van der Waals surface area contributed by atoms with Crippen molar-refractivity contribution in [1.82, 2.24) is 14.8 Å². The maximum absolute atomic E-state index is 13.2. The van der Waals surface area contributed by atoms with Crippen LogP contribution < -0.4 is 5.32 Å². The average Bonchev–Trinajstić information content (AvgIpc) is 3.25. The third-order valence-electron chi connectivity index (χ3n) is 3.80. The highest BCUT2D eigenvalue weighted by atomic mass is 32.2. The van der Waals surface area contributed by atoms with Crippen LogP contribution in [0.2, 0.25) is 0 Å². The second-order valence-electron chi connectivity index (χ2n) is 6.58. The number of furan rings is 1. The molecule has 2 heterocycles. The predicted octanol–water partition coefficient (Wildman–Crippen LogP) is 4.37. The number of hydrogen-bond donors (Lipinski definition) is 1. The van der Waals surface area contributed by atoms with Crippen molar-refractivity contribution in [3.63, 3.8) is 0 Å². The molecule has 0 aliphatic rings. The average molecular weight is 388 g/mol. The van der Waals surface area contributed by atoms with Gasteiger partial charge in [-0.2, -0.15) is 0 Å². The topological polar surface area (TPSA) is 73.0 Å². The van der Waals surface area contributed by atoms with Crippen molar-refractivity contribution < 1.29 is 13.6 Å². The lowest BCUT2D eigenvalue weighted by Crippen LogP contribution is -2.16. The zero-order valence-corrected chi connectivity index (χ0v) is 16.2. The van der Waals surface area contributed by atoms with Crippen molar-refractivity contribution in [3.05, 3.63) is 48.0 Å². The normalized spacial score (nSPS) is 11.1. The highest BCUT2D eigenvalue weighted by Gasteiger charge is 2.18. The third-order valence-corrected chi connectivity index (χ3v) is 4.77. The number of carbonyl (C=O) groups excluding carboxylic acids is 1. The fourth-order valence-electron chi connectivity index (χ4n) is 2.60. The van der Waals surface area contributed by atoms with Crippen LogP contribution in [-0.4, -0.2) is 26.4 Å². The Bertz CT molecular complexity index is 922. The van der Waals surface area contributed by atoms with Gasteiger partial charge >= 0.3 is 0 Å². The summed E-state index contributed by atoms with van der Waals surface area (Å²) >= 11 is 1.31. The largest absolute Gasteiger partial charge is 0.461 e. The minimum absolute atomic E-state index is 0.172. The summed E-state index contributed by atoms with van der Waals surface area (Å²) in [4.78, 5) is 12.3. The first kappa shape index (κ1) is 19.2. The number of thioether (sulfide) groups is 1. The molecule has 0 radical (unpaired) electrons. The summed E-state index contributed by atoms with van der Waals surface area (Å²) in [6.07, 6.45) is 1.59. The molecule has 3 aromatic rings. The van der Waals surface area contributed by atoms with E-state index in [0.29, 0.717) is 40.5 Å². The molecular weight excluding hydrogens is 367 g/mol. The number of aromatic nitrogens is 3. The number of rotatable bonds is 7. The van der Waals surface area contributed by atoms with Crippen LogP contribution in [0.3, 0.4) is 0 Å². The Morgan fingerprint density at radius 2 is 2.15 bits per heavy atom. The van der Waals surface area contributed by atoms with Gasteiger partial charge in [-0.1, -0.05) is 25.6 Å². The highest BCUT2D eigenvalue weighted by molar-refractivity contribution is 7.99. The Labute approximate surface area is 161 Å². The number of amides is 1. The molecule has 0 aliphatic heterocycles. The molecule has 0 fully saturated rings. The number of halogens is 1. The molecule has 1 aromatic carbocycles. The first-order valence-electron chi connectivity index (χ1n) is 8.60. The van der Waals surface area contributed by atoms with Crippen LogP contribution >= 0.6 is 11.8 Å². The van der Waals surface area contributed by atoms with Crippen LogP contribution in [0.4, 0.5) is 10.1 Å². The number of anilines is 1. The van der Waals surface area contributed by atoms with Crippen LogP contribution in [0.5, 0.6) is 0 Å². The monoisotopic (exact) mass is 388 g/mol. The number of hydrogen-bond acceptors (Lipinski definition) is 5. The summed E-state index contributed by atoms with van der Waals surface area (Å²) in [5, 5.41) is 11.9. The van der Waals surface area contributed by atoms with Crippen molar-refractivity contribution in [1.29, 1.82) is 0 Å². The summed E-state index contributed by atoms with van der Waals surface area (Å²) < 4.78 is 20.6. The van der Waals surface area contributed by atoms with Crippen molar-refractivity contribution in [2.75, 3.05) is 11.1 Å². The SMILES string of the molecule is Cc1cc(F)ccc1NC(=O)CSc1nnc(-c2ccco2)n1CC(C)C. The van der Waals surface area contributed by atoms with Crippen LogP contribution in [0.1, 0.15) is 19.4 Å². The predicted molar refractivity (Wildman–Crippen MR) is 103 cm³/mol. The van der Waals surface area contributed by atoms with E-state index in [0.717, 1.165) is 0 Å². The highest BCUT2D eigenvalue weighted by Crippen LogP contribution is 2.26. The molecule has 0 atom stereocenters. The fourth-order valence-corrected chi connectivity index (χ4v) is 3.34. The molecule has 1 amide bonds. The molecule has 0 saturated heterocycles. The van der Waals surface area contributed by atoms with Gasteiger partial charge in [-0.25, -0.2) is 4.39 Å². The number of nitrogens with one attached hydrogen (secondary N) is 1. The van der Waals surface area contributed by atoms with E-state index in [1.807, 2.05) is 10.6 Å². The summed E-state index contributed by atoms with van der Waals surface area (Å²) in [5.41, 5.74) is 1.28. The molecule has 0 spiro atoms. The smallest absolute Gasteiger partial charge is 0.234 e. The van der Waals surface area contributed by atoms with Gasteiger partial charge in [0.05, 0.1) is 12.0 Å². The Hall–Kier alpha value is -2.61. The number of carbonyl (C=O) groups is 1. The maximum Gasteiger partial charge on any atom is 0.234 e. The van der Waals surface area contributed by atoms with Gasteiger partial charge in [0.25, 0.3) is 0 Å². The molecule has 6 nitrogen and oxygen atoms in total. The lowest BCUT2D eigenvalue weighted by molar-refractivity contribution is -0.113. The van der Waals surface area contributed by atoms with Gasteiger partial charge in [0.2, 0.25) is 5.91 Å². The molecule has 1 N–H and O–H groups in total. The molecule has 0 unspecified atom stereocenters. The van der Waals surface area contributed by atoms with E-state index >= 15 is 0 Å². The van der Waals surface area contributed by atoms with Crippen LogP contribution in [0, 0.1) is 18.7 Å². The van der Waals surface area contributed by atoms with Crippen LogP contribution in [0.15, 0.2) is 46.2 Å². The second kappa shape index (κ2) is 8.39. The van der Waals surface area contributed by atoms with E-state index in [4.69, 9.17) is 4.42 Å². The molecule has 2 aromatic heterocycles. The number of nitrogens with zero attached hydrogens (tertiary/aromatic N) is 3. The standard InChI is InChI=1S/C19H21FN4O2S/c1-12(2)10-24-18(16-5-4-8-26-16)22-23-19(24)27-11-17(25)21-15-7-6-14(20)9-13(15)3/h4-9,12H,10-11H2,1-3H3,(H,21,25). The van der Waals surface area contributed by atoms with E-state index in [2.05, 4.69) is 29.4 Å². The Balaban J connectivity index is 1.70. The van der Waals surface area contributed by atoms with Gasteiger partial charge in [-0.15, -0.1) is 10.2 Å². The molecule has 0 aliphatic carbocycles.